The summed E-state index contributed by atoms with van der Waals surface area (Å²) in [5, 5.41) is 1.34. The molecule has 0 aromatic heterocycles. The van der Waals surface area contributed by atoms with Crippen LogP contribution in [0.2, 0.25) is 0 Å². The van der Waals surface area contributed by atoms with Crippen LogP contribution in [0.4, 0.5) is 5.69 Å². The molecule has 1 nitrogen and oxygen atoms in total. The Morgan fingerprint density at radius 3 is 2.06 bits per heavy atom. The first kappa shape index (κ1) is 11.9. The molecule has 2 aromatic rings. The van der Waals surface area contributed by atoms with Crippen molar-refractivity contribution in [3.8, 4) is 0 Å². The second-order valence-electron chi connectivity index (χ2n) is 4.39. The quantitative estimate of drug-likeness (QED) is 0.812. The smallest absolute Gasteiger partial charge is 0.218 e. The summed E-state index contributed by atoms with van der Waals surface area (Å²) in [6.45, 7) is 6.47. The second kappa shape index (κ2) is 5.19. The van der Waals surface area contributed by atoms with E-state index in [-0.39, 0.29) is 0 Å². The lowest BCUT2D eigenvalue weighted by Gasteiger charge is -2.13. The zero-order valence-electron chi connectivity index (χ0n) is 10.5. The van der Waals surface area contributed by atoms with Crippen LogP contribution in [0.3, 0.4) is 0 Å². The van der Waals surface area contributed by atoms with Gasteiger partial charge in [-0.3, -0.25) is 0 Å². The average molecular weight is 239 g/mol. The first-order chi connectivity index (χ1) is 8.16. The Balaban J connectivity index is 2.15. The van der Waals surface area contributed by atoms with Crippen molar-refractivity contribution >= 4 is 20.6 Å². The molecule has 17 heavy (non-hydrogen) atoms. The van der Waals surface area contributed by atoms with Crippen LogP contribution in [0.15, 0.2) is 42.5 Å². The van der Waals surface area contributed by atoms with Crippen LogP contribution in [0.5, 0.6) is 0 Å². The molecular formula is C15H17NSi. The number of hydrogen-bond donors (Lipinski definition) is 1. The zero-order valence-corrected chi connectivity index (χ0v) is 11.5. The van der Waals surface area contributed by atoms with E-state index in [1.54, 1.807) is 0 Å². The Bertz CT molecular complexity index is 483. The lowest BCUT2D eigenvalue weighted by Crippen LogP contribution is -2.22. The topological polar surface area (TPSA) is 12.0 Å². The van der Waals surface area contributed by atoms with Gasteiger partial charge in [0.2, 0.25) is 9.68 Å². The number of rotatable bonds is 3. The first-order valence-electron chi connectivity index (χ1n) is 5.82. The minimum Gasteiger partial charge on any atom is -0.407 e. The molecule has 0 amide bonds. The molecule has 2 rings (SSSR count). The molecule has 1 N–H and O–H groups in total. The van der Waals surface area contributed by atoms with Gasteiger partial charge in [0.1, 0.15) is 0 Å². The standard InChI is InChI=1S/C15H17NSi/c1-11-9-12(2)15(13(3)10-11)16-17-14-7-5-4-6-8-14/h4-10,16H,1-3H3. The van der Waals surface area contributed by atoms with Gasteiger partial charge in [-0.2, -0.15) is 0 Å². The minimum absolute atomic E-state index is 0.621. The van der Waals surface area contributed by atoms with Crippen molar-refractivity contribution in [3.63, 3.8) is 0 Å². The molecule has 2 heteroatoms. The molecule has 0 bridgehead atoms. The lowest BCUT2D eigenvalue weighted by molar-refractivity contribution is 1.32. The van der Waals surface area contributed by atoms with Gasteiger partial charge in [0.25, 0.3) is 0 Å². The summed E-state index contributed by atoms with van der Waals surface area (Å²) >= 11 is 0. The normalized spacial score (nSPS) is 10.3. The van der Waals surface area contributed by atoms with Gasteiger partial charge in [0.05, 0.1) is 0 Å². The molecule has 2 aromatic carbocycles. The summed E-state index contributed by atoms with van der Waals surface area (Å²) in [5.41, 5.74) is 5.25. The van der Waals surface area contributed by atoms with E-state index in [1.807, 2.05) is 0 Å². The van der Waals surface area contributed by atoms with Crippen molar-refractivity contribution in [1.29, 1.82) is 0 Å². The Morgan fingerprint density at radius 1 is 0.882 bits per heavy atom. The van der Waals surface area contributed by atoms with Crippen LogP contribution in [0, 0.1) is 20.8 Å². The highest BCUT2D eigenvalue weighted by Gasteiger charge is 2.03. The fraction of sp³-hybridized carbons (Fsp3) is 0.200. The van der Waals surface area contributed by atoms with Gasteiger partial charge in [-0.15, -0.1) is 0 Å². The summed E-state index contributed by atoms with van der Waals surface area (Å²) in [5.74, 6) is 0. The van der Waals surface area contributed by atoms with Crippen LogP contribution in [0.1, 0.15) is 16.7 Å². The SMILES string of the molecule is Cc1cc(C)c(N[Si]c2ccccc2)c(C)c1. The minimum atomic E-state index is 0.621. The third kappa shape index (κ3) is 2.98. The van der Waals surface area contributed by atoms with E-state index < -0.39 is 0 Å². The predicted octanol–water partition coefficient (Wildman–Crippen LogP) is 2.97. The van der Waals surface area contributed by atoms with Crippen LogP contribution < -0.4 is 10.2 Å². The van der Waals surface area contributed by atoms with Crippen molar-refractivity contribution in [2.45, 2.75) is 20.8 Å². The highest BCUT2D eigenvalue weighted by atomic mass is 28.2. The van der Waals surface area contributed by atoms with Crippen LogP contribution >= 0.6 is 0 Å². The van der Waals surface area contributed by atoms with Gasteiger partial charge >= 0.3 is 0 Å². The average Bonchev–Trinajstić information content (AvgIpc) is 2.29. The van der Waals surface area contributed by atoms with E-state index in [1.165, 1.54) is 27.6 Å². The molecule has 0 aliphatic heterocycles. The van der Waals surface area contributed by atoms with E-state index in [2.05, 4.69) is 68.2 Å². The fourth-order valence-corrected chi connectivity index (χ4v) is 3.06. The molecular weight excluding hydrogens is 222 g/mol. The summed E-state index contributed by atoms with van der Waals surface area (Å²) in [6, 6.07) is 15.0. The number of anilines is 1. The summed E-state index contributed by atoms with van der Waals surface area (Å²) in [4.78, 5) is 3.55. The lowest BCUT2D eigenvalue weighted by atomic mass is 10.1. The van der Waals surface area contributed by atoms with E-state index in [4.69, 9.17) is 0 Å². The van der Waals surface area contributed by atoms with E-state index >= 15 is 0 Å². The third-order valence-corrected chi connectivity index (χ3v) is 3.78. The molecule has 0 unspecified atom stereocenters. The van der Waals surface area contributed by atoms with Crippen LogP contribution in [-0.2, 0) is 0 Å². The molecule has 0 fully saturated rings. The number of aryl methyl sites for hydroxylation is 3. The van der Waals surface area contributed by atoms with Crippen molar-refractivity contribution in [2.75, 3.05) is 4.98 Å². The maximum absolute atomic E-state index is 3.55. The molecule has 0 aliphatic carbocycles. The highest BCUT2D eigenvalue weighted by Crippen LogP contribution is 2.21. The maximum atomic E-state index is 3.55. The van der Waals surface area contributed by atoms with Crippen molar-refractivity contribution < 1.29 is 0 Å². The molecule has 2 radical (unpaired) electrons. The van der Waals surface area contributed by atoms with Crippen LogP contribution in [0.25, 0.3) is 0 Å². The summed E-state index contributed by atoms with van der Waals surface area (Å²) in [6.07, 6.45) is 0. The molecule has 0 spiro atoms. The van der Waals surface area contributed by atoms with Gasteiger partial charge in [-0.1, -0.05) is 48.0 Å². The molecule has 0 aliphatic rings. The van der Waals surface area contributed by atoms with Gasteiger partial charge in [-0.25, -0.2) is 0 Å². The molecule has 0 saturated heterocycles. The van der Waals surface area contributed by atoms with E-state index in [9.17, 15) is 0 Å². The second-order valence-corrected chi connectivity index (χ2v) is 5.47. The van der Waals surface area contributed by atoms with Crippen molar-refractivity contribution in [1.82, 2.24) is 0 Å². The van der Waals surface area contributed by atoms with Crippen molar-refractivity contribution in [2.24, 2.45) is 0 Å². The van der Waals surface area contributed by atoms with Gasteiger partial charge in [0.15, 0.2) is 0 Å². The fourth-order valence-electron chi connectivity index (χ4n) is 2.03. The Kier molecular flexibility index (Phi) is 3.64. The number of nitrogens with one attached hydrogen (secondary N) is 1. The Labute approximate surface area is 106 Å². The van der Waals surface area contributed by atoms with Crippen molar-refractivity contribution in [3.05, 3.63) is 59.2 Å². The summed E-state index contributed by atoms with van der Waals surface area (Å²) < 4.78 is 0. The Hall–Kier alpha value is -1.54. The third-order valence-electron chi connectivity index (χ3n) is 2.78. The number of hydrogen-bond acceptors (Lipinski definition) is 1. The zero-order chi connectivity index (χ0) is 12.3. The van der Waals surface area contributed by atoms with Gasteiger partial charge < -0.3 is 4.98 Å². The predicted molar refractivity (Wildman–Crippen MR) is 76.1 cm³/mol. The maximum Gasteiger partial charge on any atom is 0.218 e. The molecule has 0 heterocycles. The molecule has 0 saturated carbocycles. The van der Waals surface area contributed by atoms with Gasteiger partial charge in [0, 0.05) is 5.69 Å². The van der Waals surface area contributed by atoms with Crippen LogP contribution in [-0.4, -0.2) is 9.68 Å². The number of benzene rings is 2. The van der Waals surface area contributed by atoms with E-state index in [0.717, 1.165) is 0 Å². The first-order valence-corrected chi connectivity index (χ1v) is 6.82. The highest BCUT2D eigenvalue weighted by molar-refractivity contribution is 6.57. The monoisotopic (exact) mass is 239 g/mol. The molecule has 86 valence electrons. The van der Waals surface area contributed by atoms with Gasteiger partial charge in [-0.05, 0) is 37.1 Å². The molecule has 0 atom stereocenters. The summed E-state index contributed by atoms with van der Waals surface area (Å²) in [7, 11) is 0.621. The Morgan fingerprint density at radius 2 is 1.47 bits per heavy atom. The largest absolute Gasteiger partial charge is 0.407 e. The van der Waals surface area contributed by atoms with E-state index in [0.29, 0.717) is 9.68 Å².